The molecule has 0 aliphatic heterocycles. The first kappa shape index (κ1) is 12.1. The molecule has 0 atom stereocenters. The van der Waals surface area contributed by atoms with Gasteiger partial charge in [-0.15, -0.1) is 11.3 Å². The molecule has 0 radical (unpaired) electrons. The van der Waals surface area contributed by atoms with Crippen LogP contribution in [0.1, 0.15) is 0 Å². The Bertz CT molecular complexity index is 743. The molecule has 1 aromatic carbocycles. The Labute approximate surface area is 119 Å². The molecule has 6 heteroatoms. The minimum atomic E-state index is 0.566. The third-order valence-electron chi connectivity index (χ3n) is 2.73. The van der Waals surface area contributed by atoms with Crippen LogP contribution in [0.5, 0.6) is 5.75 Å². The van der Waals surface area contributed by atoms with Gasteiger partial charge in [0.25, 0.3) is 0 Å². The van der Waals surface area contributed by atoms with Gasteiger partial charge in [-0.05, 0) is 35.8 Å². The lowest BCUT2D eigenvalue weighted by atomic mass is 10.3. The highest BCUT2D eigenvalue weighted by Gasteiger charge is 2.11. The van der Waals surface area contributed by atoms with E-state index in [1.807, 2.05) is 46.3 Å². The number of benzene rings is 1. The summed E-state index contributed by atoms with van der Waals surface area (Å²) in [6.45, 7) is 0. The predicted molar refractivity (Wildman–Crippen MR) is 78.6 cm³/mol. The van der Waals surface area contributed by atoms with E-state index in [9.17, 15) is 0 Å². The number of ether oxygens (including phenoxy) is 1. The van der Waals surface area contributed by atoms with Crippen LogP contribution in [0.2, 0.25) is 0 Å². The maximum absolute atomic E-state index is 5.32. The van der Waals surface area contributed by atoms with Crippen LogP contribution in [0.4, 0.5) is 0 Å². The van der Waals surface area contributed by atoms with E-state index < -0.39 is 0 Å². The average Bonchev–Trinajstić information content (AvgIpc) is 3.07. The van der Waals surface area contributed by atoms with Crippen LogP contribution < -0.4 is 4.74 Å². The molecule has 3 aromatic rings. The normalized spacial score (nSPS) is 10.6. The van der Waals surface area contributed by atoms with Gasteiger partial charge in [0.1, 0.15) is 5.75 Å². The SMILES string of the molecule is COc1cccc(-n2c(-c3cccs3)n[nH]c2=S)c1. The summed E-state index contributed by atoms with van der Waals surface area (Å²) in [4.78, 5) is 1.06. The summed E-state index contributed by atoms with van der Waals surface area (Å²) in [5.74, 6) is 1.60. The van der Waals surface area contributed by atoms with Crippen molar-refractivity contribution >= 4 is 23.6 Å². The first-order chi connectivity index (χ1) is 9.29. The molecule has 96 valence electrons. The summed E-state index contributed by atoms with van der Waals surface area (Å²) in [6, 6.07) is 11.8. The van der Waals surface area contributed by atoms with Crippen LogP contribution in [0.15, 0.2) is 41.8 Å². The van der Waals surface area contributed by atoms with Crippen molar-refractivity contribution in [3.8, 4) is 22.1 Å². The molecule has 1 N–H and O–H groups in total. The topological polar surface area (TPSA) is 42.8 Å². The molecule has 0 spiro atoms. The number of hydrogen-bond acceptors (Lipinski definition) is 4. The summed E-state index contributed by atoms with van der Waals surface area (Å²) in [7, 11) is 1.65. The first-order valence-corrected chi connectivity index (χ1v) is 6.94. The fourth-order valence-electron chi connectivity index (χ4n) is 1.86. The zero-order chi connectivity index (χ0) is 13.2. The summed E-state index contributed by atoms with van der Waals surface area (Å²) in [6.07, 6.45) is 0. The van der Waals surface area contributed by atoms with E-state index in [0.717, 1.165) is 22.1 Å². The third-order valence-corrected chi connectivity index (χ3v) is 3.87. The average molecular weight is 289 g/mol. The highest BCUT2D eigenvalue weighted by Crippen LogP contribution is 2.26. The van der Waals surface area contributed by atoms with Crippen molar-refractivity contribution in [1.82, 2.24) is 14.8 Å². The van der Waals surface area contributed by atoms with Gasteiger partial charge in [0.15, 0.2) is 10.6 Å². The molecule has 0 aliphatic rings. The zero-order valence-corrected chi connectivity index (χ0v) is 11.8. The summed E-state index contributed by atoms with van der Waals surface area (Å²) in [5, 5.41) is 9.17. The van der Waals surface area contributed by atoms with Gasteiger partial charge in [0.05, 0.1) is 17.7 Å². The van der Waals surface area contributed by atoms with Crippen molar-refractivity contribution in [2.75, 3.05) is 7.11 Å². The molecule has 0 fully saturated rings. The third kappa shape index (κ3) is 2.20. The van der Waals surface area contributed by atoms with E-state index in [2.05, 4.69) is 10.2 Å². The van der Waals surface area contributed by atoms with Crippen molar-refractivity contribution in [3.63, 3.8) is 0 Å². The van der Waals surface area contributed by atoms with E-state index in [1.54, 1.807) is 18.4 Å². The number of hydrogen-bond donors (Lipinski definition) is 1. The number of aromatic nitrogens is 3. The van der Waals surface area contributed by atoms with Crippen LogP contribution in [0.3, 0.4) is 0 Å². The monoisotopic (exact) mass is 289 g/mol. The predicted octanol–water partition coefficient (Wildman–Crippen LogP) is 3.67. The number of methoxy groups -OCH3 is 1. The number of nitrogens with zero attached hydrogens (tertiary/aromatic N) is 2. The van der Waals surface area contributed by atoms with Gasteiger partial charge < -0.3 is 4.74 Å². The molecule has 2 heterocycles. The highest BCUT2D eigenvalue weighted by atomic mass is 32.1. The van der Waals surface area contributed by atoms with Gasteiger partial charge in [-0.1, -0.05) is 12.1 Å². The quantitative estimate of drug-likeness (QED) is 0.748. The second kappa shape index (κ2) is 4.99. The van der Waals surface area contributed by atoms with E-state index in [0.29, 0.717) is 4.77 Å². The minimum absolute atomic E-state index is 0.566. The van der Waals surface area contributed by atoms with Gasteiger partial charge in [-0.3, -0.25) is 9.67 Å². The molecule has 0 saturated heterocycles. The molecule has 2 aromatic heterocycles. The number of aromatic amines is 1. The first-order valence-electron chi connectivity index (χ1n) is 5.65. The Kier molecular flexibility index (Phi) is 3.18. The molecule has 0 unspecified atom stereocenters. The molecular formula is C13H11N3OS2. The fourth-order valence-corrected chi connectivity index (χ4v) is 2.80. The maximum atomic E-state index is 5.32. The van der Waals surface area contributed by atoms with E-state index in [1.165, 1.54) is 0 Å². The second-order valence-corrected chi connectivity index (χ2v) is 5.20. The number of rotatable bonds is 3. The largest absolute Gasteiger partial charge is 0.497 e. The lowest BCUT2D eigenvalue weighted by Gasteiger charge is -2.07. The fraction of sp³-hybridized carbons (Fsp3) is 0.0769. The van der Waals surface area contributed by atoms with Crippen LogP contribution in [0.25, 0.3) is 16.4 Å². The lowest BCUT2D eigenvalue weighted by Crippen LogP contribution is -1.97. The van der Waals surface area contributed by atoms with Crippen LogP contribution in [-0.2, 0) is 0 Å². The van der Waals surface area contributed by atoms with E-state index >= 15 is 0 Å². The van der Waals surface area contributed by atoms with E-state index in [-0.39, 0.29) is 0 Å². The molecule has 4 nitrogen and oxygen atoms in total. The molecule has 0 amide bonds. The summed E-state index contributed by atoms with van der Waals surface area (Å²) in [5.41, 5.74) is 0.932. The van der Waals surface area contributed by atoms with Gasteiger partial charge in [0.2, 0.25) is 0 Å². The smallest absolute Gasteiger partial charge is 0.200 e. The molecule has 0 bridgehead atoms. The zero-order valence-electron chi connectivity index (χ0n) is 10.2. The van der Waals surface area contributed by atoms with Crippen molar-refractivity contribution in [2.45, 2.75) is 0 Å². The maximum Gasteiger partial charge on any atom is 0.200 e. The highest BCUT2D eigenvalue weighted by molar-refractivity contribution is 7.71. The van der Waals surface area contributed by atoms with E-state index in [4.69, 9.17) is 17.0 Å². The van der Waals surface area contributed by atoms with Crippen molar-refractivity contribution in [1.29, 1.82) is 0 Å². The van der Waals surface area contributed by atoms with Gasteiger partial charge in [-0.25, -0.2) is 0 Å². The Balaban J connectivity index is 2.19. The summed E-state index contributed by atoms with van der Waals surface area (Å²) >= 11 is 6.94. The standard InChI is InChI=1S/C13H11N3OS2/c1-17-10-5-2-4-9(8-10)16-12(14-15-13(16)18)11-6-3-7-19-11/h2-8H,1H3,(H,15,18). The van der Waals surface area contributed by atoms with Crippen LogP contribution >= 0.6 is 23.6 Å². The Hall–Kier alpha value is -1.92. The number of thiophene rings is 1. The molecular weight excluding hydrogens is 278 g/mol. The van der Waals surface area contributed by atoms with Crippen molar-refractivity contribution < 1.29 is 4.74 Å². The Morgan fingerprint density at radius 3 is 2.95 bits per heavy atom. The second-order valence-electron chi connectivity index (χ2n) is 3.87. The minimum Gasteiger partial charge on any atom is -0.497 e. The molecule has 19 heavy (non-hydrogen) atoms. The number of nitrogens with one attached hydrogen (secondary N) is 1. The molecule has 0 aliphatic carbocycles. The molecule has 3 rings (SSSR count). The Morgan fingerprint density at radius 2 is 2.21 bits per heavy atom. The number of H-pyrrole nitrogens is 1. The van der Waals surface area contributed by atoms with Crippen LogP contribution in [0, 0.1) is 4.77 Å². The van der Waals surface area contributed by atoms with Crippen molar-refractivity contribution in [3.05, 3.63) is 46.5 Å². The van der Waals surface area contributed by atoms with Gasteiger partial charge >= 0.3 is 0 Å². The van der Waals surface area contributed by atoms with Gasteiger partial charge in [-0.2, -0.15) is 5.10 Å². The Morgan fingerprint density at radius 1 is 1.32 bits per heavy atom. The van der Waals surface area contributed by atoms with Crippen LogP contribution in [-0.4, -0.2) is 21.9 Å². The van der Waals surface area contributed by atoms with Crippen molar-refractivity contribution in [2.24, 2.45) is 0 Å². The molecule has 0 saturated carbocycles. The van der Waals surface area contributed by atoms with Gasteiger partial charge in [0, 0.05) is 6.07 Å². The summed E-state index contributed by atoms with van der Waals surface area (Å²) < 4.78 is 7.72. The lowest BCUT2D eigenvalue weighted by molar-refractivity contribution is 0.414.